The molecular weight excluding hydrogens is 711 g/mol. The van der Waals surface area contributed by atoms with Gasteiger partial charge in [-0.15, -0.1) is 0 Å². The van der Waals surface area contributed by atoms with E-state index in [2.05, 4.69) is 237 Å². The Labute approximate surface area is 345 Å². The molecule has 0 N–H and O–H groups in total. The van der Waals surface area contributed by atoms with Gasteiger partial charge in [0.1, 0.15) is 0 Å². The first-order chi connectivity index (χ1) is 29.3. The molecule has 0 atom stereocenters. The van der Waals surface area contributed by atoms with Gasteiger partial charge in [0.25, 0.3) is 0 Å². The summed E-state index contributed by atoms with van der Waals surface area (Å²) in [6.45, 7) is 0. The molecule has 0 unspecified atom stereocenters. The number of aromatic nitrogens is 1. The van der Waals surface area contributed by atoms with E-state index in [9.17, 15) is 0 Å². The summed E-state index contributed by atoms with van der Waals surface area (Å²) < 4.78 is 0. The first kappa shape index (κ1) is 34.6. The van der Waals surface area contributed by atoms with Crippen LogP contribution in [0, 0.1) is 0 Å². The predicted molar refractivity (Wildman–Crippen MR) is 246 cm³/mol. The van der Waals surface area contributed by atoms with E-state index in [1.807, 2.05) is 0 Å². The number of hydrogen-bond acceptors (Lipinski definition) is 1. The lowest BCUT2D eigenvalue weighted by Crippen LogP contribution is -2.28. The Morgan fingerprint density at radius 3 is 1.27 bits per heavy atom. The van der Waals surface area contributed by atoms with Gasteiger partial charge >= 0.3 is 0 Å². The van der Waals surface area contributed by atoms with E-state index in [1.165, 1.54) is 72.0 Å². The zero-order chi connectivity index (χ0) is 39.2. The third-order valence-electron chi connectivity index (χ3n) is 12.2. The minimum Gasteiger partial charge on any atom is -0.248 e. The Kier molecular flexibility index (Phi) is 8.45. The van der Waals surface area contributed by atoms with Gasteiger partial charge in [0, 0.05) is 11.1 Å². The average Bonchev–Trinajstić information content (AvgIpc) is 3.65. The van der Waals surface area contributed by atoms with Crippen molar-refractivity contribution in [3.8, 4) is 67.0 Å². The van der Waals surface area contributed by atoms with E-state index in [0.29, 0.717) is 0 Å². The minimum absolute atomic E-state index is 0.538. The van der Waals surface area contributed by atoms with Gasteiger partial charge in [-0.25, -0.2) is 4.98 Å². The monoisotopic (exact) mass is 749 g/mol. The second-order valence-corrected chi connectivity index (χ2v) is 15.4. The number of fused-ring (bicyclic) bond motifs is 5. The van der Waals surface area contributed by atoms with Gasteiger partial charge in [0.05, 0.1) is 16.8 Å². The summed E-state index contributed by atoms with van der Waals surface area (Å²) in [5, 5.41) is 2.47. The molecule has 59 heavy (non-hydrogen) atoms. The molecule has 0 saturated heterocycles. The predicted octanol–water partition coefficient (Wildman–Crippen LogP) is 14.9. The average molecular weight is 750 g/mol. The number of pyridine rings is 1. The van der Waals surface area contributed by atoms with Crippen molar-refractivity contribution in [3.05, 3.63) is 259 Å². The number of benzene rings is 9. The molecule has 1 aliphatic rings. The molecule has 9 aromatic carbocycles. The van der Waals surface area contributed by atoms with E-state index in [0.717, 1.165) is 28.1 Å². The van der Waals surface area contributed by atoms with Crippen molar-refractivity contribution < 1.29 is 0 Å². The molecule has 1 nitrogen and oxygen atoms in total. The molecule has 1 heteroatoms. The smallest absolute Gasteiger partial charge is 0.0719 e. The van der Waals surface area contributed by atoms with Gasteiger partial charge in [0.15, 0.2) is 0 Å². The fraction of sp³-hybridized carbons (Fsp3) is 0.0172. The maximum atomic E-state index is 5.43. The van der Waals surface area contributed by atoms with Crippen LogP contribution in [0.2, 0.25) is 0 Å². The Hall–Kier alpha value is -7.61. The molecule has 0 amide bonds. The third-order valence-corrected chi connectivity index (χ3v) is 12.2. The highest BCUT2D eigenvalue weighted by atomic mass is 14.7. The van der Waals surface area contributed by atoms with E-state index in [1.54, 1.807) is 0 Å². The fourth-order valence-corrected chi connectivity index (χ4v) is 9.46. The SMILES string of the molecule is c1ccc(-c2ccc(-c3cc(-c4cc5ccccc5c5c4-c4ccccc4C5(c4ccccc4)c4ccccc4)cc(-c4ccc(-c5ccccc5)cc4)n3)cc2)cc1. The third kappa shape index (κ3) is 5.82. The molecule has 0 radical (unpaired) electrons. The summed E-state index contributed by atoms with van der Waals surface area (Å²) in [7, 11) is 0. The molecule has 1 aromatic heterocycles. The van der Waals surface area contributed by atoms with Crippen LogP contribution in [0.15, 0.2) is 237 Å². The Bertz CT molecular complexity index is 2960. The van der Waals surface area contributed by atoms with E-state index < -0.39 is 5.41 Å². The molecule has 0 bridgehead atoms. The maximum Gasteiger partial charge on any atom is 0.0719 e. The minimum atomic E-state index is -0.538. The molecule has 11 rings (SSSR count). The van der Waals surface area contributed by atoms with Crippen LogP contribution in [0.5, 0.6) is 0 Å². The first-order valence-electron chi connectivity index (χ1n) is 20.4. The molecule has 1 heterocycles. The topological polar surface area (TPSA) is 12.9 Å². The highest BCUT2D eigenvalue weighted by Gasteiger charge is 2.48. The molecule has 0 aliphatic heterocycles. The largest absolute Gasteiger partial charge is 0.248 e. The molecule has 1 aliphatic carbocycles. The summed E-state index contributed by atoms with van der Waals surface area (Å²) >= 11 is 0. The van der Waals surface area contributed by atoms with Gasteiger partial charge in [0.2, 0.25) is 0 Å². The molecule has 0 fully saturated rings. The molecular formula is C58H39N. The van der Waals surface area contributed by atoms with Crippen LogP contribution in [0.1, 0.15) is 22.3 Å². The molecule has 10 aromatic rings. The van der Waals surface area contributed by atoms with Crippen LogP contribution in [0.3, 0.4) is 0 Å². The standard InChI is InChI=1S/C58H39N/c1-5-17-40(18-6-1)42-29-33-44(34-30-42)54-38-47(39-55(59-54)45-35-31-43(32-36-45)41-19-7-2-8-20-41)52-37-46-21-13-14-26-50(46)57-56(52)51-27-15-16-28-53(51)58(57,48-22-9-3-10-23-48)49-24-11-4-12-25-49/h1-39H. The van der Waals surface area contributed by atoms with Gasteiger partial charge in [-0.05, 0) is 95.7 Å². The Morgan fingerprint density at radius 1 is 0.305 bits per heavy atom. The van der Waals surface area contributed by atoms with Crippen molar-refractivity contribution in [2.75, 3.05) is 0 Å². The van der Waals surface area contributed by atoms with Crippen LogP contribution in [-0.4, -0.2) is 4.98 Å². The zero-order valence-electron chi connectivity index (χ0n) is 32.5. The summed E-state index contributed by atoms with van der Waals surface area (Å²) in [6.07, 6.45) is 0. The van der Waals surface area contributed by atoms with Crippen molar-refractivity contribution in [3.63, 3.8) is 0 Å². The van der Waals surface area contributed by atoms with Crippen LogP contribution < -0.4 is 0 Å². The Morgan fingerprint density at radius 2 is 0.729 bits per heavy atom. The zero-order valence-corrected chi connectivity index (χ0v) is 32.5. The van der Waals surface area contributed by atoms with Gasteiger partial charge in [-0.2, -0.15) is 0 Å². The van der Waals surface area contributed by atoms with Gasteiger partial charge in [-0.1, -0.05) is 218 Å². The van der Waals surface area contributed by atoms with Gasteiger partial charge in [-0.3, -0.25) is 0 Å². The normalized spacial score (nSPS) is 12.5. The van der Waals surface area contributed by atoms with Crippen LogP contribution in [0.4, 0.5) is 0 Å². The molecule has 276 valence electrons. The van der Waals surface area contributed by atoms with Crippen LogP contribution in [0.25, 0.3) is 77.8 Å². The highest BCUT2D eigenvalue weighted by molar-refractivity contribution is 6.07. The number of rotatable bonds is 7. The first-order valence-corrected chi connectivity index (χ1v) is 20.4. The summed E-state index contributed by atoms with van der Waals surface area (Å²) in [5.41, 5.74) is 18.3. The summed E-state index contributed by atoms with van der Waals surface area (Å²) in [4.78, 5) is 5.43. The Balaban J connectivity index is 1.19. The van der Waals surface area contributed by atoms with Crippen molar-refractivity contribution in [1.29, 1.82) is 0 Å². The van der Waals surface area contributed by atoms with E-state index in [-0.39, 0.29) is 0 Å². The lowest BCUT2D eigenvalue weighted by molar-refractivity contribution is 0.775. The van der Waals surface area contributed by atoms with Crippen LogP contribution in [-0.2, 0) is 5.41 Å². The van der Waals surface area contributed by atoms with Crippen LogP contribution >= 0.6 is 0 Å². The van der Waals surface area contributed by atoms with E-state index >= 15 is 0 Å². The van der Waals surface area contributed by atoms with Gasteiger partial charge < -0.3 is 0 Å². The van der Waals surface area contributed by atoms with E-state index in [4.69, 9.17) is 4.98 Å². The second kappa shape index (κ2) is 14.4. The summed E-state index contributed by atoms with van der Waals surface area (Å²) in [6, 6.07) is 86.1. The lowest BCUT2D eigenvalue weighted by Gasteiger charge is -2.35. The van der Waals surface area contributed by atoms with Crippen molar-refractivity contribution in [2.45, 2.75) is 5.41 Å². The van der Waals surface area contributed by atoms with Crippen molar-refractivity contribution in [2.24, 2.45) is 0 Å². The molecule has 0 saturated carbocycles. The fourth-order valence-electron chi connectivity index (χ4n) is 9.46. The second-order valence-electron chi connectivity index (χ2n) is 15.4. The van der Waals surface area contributed by atoms with Crippen molar-refractivity contribution >= 4 is 10.8 Å². The number of nitrogens with zero attached hydrogens (tertiary/aromatic N) is 1. The van der Waals surface area contributed by atoms with Crippen molar-refractivity contribution in [1.82, 2.24) is 4.98 Å². The summed E-state index contributed by atoms with van der Waals surface area (Å²) in [5.74, 6) is 0. The quantitative estimate of drug-likeness (QED) is 0.158. The highest BCUT2D eigenvalue weighted by Crippen LogP contribution is 2.60. The lowest BCUT2D eigenvalue weighted by atomic mass is 9.66. The maximum absolute atomic E-state index is 5.43. The molecule has 0 spiro atoms. The number of hydrogen-bond donors (Lipinski definition) is 0.